The SMILES string of the molecule is COc1ccc(NC(=O)C2CNCCN2C)cc1Br. The van der Waals surface area contributed by atoms with Gasteiger partial charge in [-0.3, -0.25) is 9.69 Å². The molecule has 5 nitrogen and oxygen atoms in total. The molecule has 0 spiro atoms. The first-order valence-electron chi connectivity index (χ1n) is 6.17. The molecule has 1 amide bonds. The predicted octanol–water partition coefficient (Wildman–Crippen LogP) is 1.30. The molecule has 6 heteroatoms. The van der Waals surface area contributed by atoms with Crippen molar-refractivity contribution in [1.29, 1.82) is 0 Å². The van der Waals surface area contributed by atoms with E-state index in [9.17, 15) is 4.79 Å². The fourth-order valence-corrected chi connectivity index (χ4v) is 2.61. The topological polar surface area (TPSA) is 53.6 Å². The van der Waals surface area contributed by atoms with Gasteiger partial charge >= 0.3 is 0 Å². The van der Waals surface area contributed by atoms with Gasteiger partial charge in [-0.1, -0.05) is 0 Å². The third kappa shape index (κ3) is 3.46. The Morgan fingerprint density at radius 1 is 1.58 bits per heavy atom. The van der Waals surface area contributed by atoms with Gasteiger partial charge in [-0.2, -0.15) is 0 Å². The first-order valence-corrected chi connectivity index (χ1v) is 6.96. The summed E-state index contributed by atoms with van der Waals surface area (Å²) < 4.78 is 5.98. The molecule has 1 aliphatic heterocycles. The number of nitrogens with one attached hydrogen (secondary N) is 2. The molecule has 1 saturated heterocycles. The molecule has 0 aromatic heterocycles. The molecule has 0 saturated carbocycles. The Kier molecular flexibility index (Phi) is 4.79. The Balaban J connectivity index is 2.04. The zero-order valence-electron chi connectivity index (χ0n) is 11.1. The van der Waals surface area contributed by atoms with Gasteiger partial charge in [-0.05, 0) is 41.2 Å². The molecular formula is C13H18BrN3O2. The molecule has 1 unspecified atom stereocenters. The number of nitrogens with zero attached hydrogens (tertiary/aromatic N) is 1. The summed E-state index contributed by atoms with van der Waals surface area (Å²) in [5.41, 5.74) is 0.761. The van der Waals surface area contributed by atoms with Gasteiger partial charge in [0.05, 0.1) is 11.6 Å². The van der Waals surface area contributed by atoms with E-state index in [4.69, 9.17) is 4.74 Å². The third-order valence-electron chi connectivity index (χ3n) is 3.23. The van der Waals surface area contributed by atoms with Crippen molar-refractivity contribution < 1.29 is 9.53 Å². The van der Waals surface area contributed by atoms with E-state index in [2.05, 4.69) is 31.5 Å². The molecule has 1 fully saturated rings. The predicted molar refractivity (Wildman–Crippen MR) is 78.6 cm³/mol. The standard InChI is InChI=1S/C13H18BrN3O2/c1-17-6-5-15-8-11(17)13(18)16-9-3-4-12(19-2)10(14)7-9/h3-4,7,11,15H,5-6,8H2,1-2H3,(H,16,18). The maximum absolute atomic E-state index is 12.2. The molecule has 1 aromatic carbocycles. The van der Waals surface area contributed by atoms with Crippen LogP contribution in [0.4, 0.5) is 5.69 Å². The van der Waals surface area contributed by atoms with Gasteiger partial charge in [0.15, 0.2) is 0 Å². The van der Waals surface area contributed by atoms with Crippen molar-refractivity contribution in [2.45, 2.75) is 6.04 Å². The summed E-state index contributed by atoms with van der Waals surface area (Å²) in [5, 5.41) is 6.16. The fourth-order valence-electron chi connectivity index (χ4n) is 2.07. The molecule has 1 aromatic rings. The van der Waals surface area contributed by atoms with Gasteiger partial charge in [0.25, 0.3) is 0 Å². The number of methoxy groups -OCH3 is 1. The van der Waals surface area contributed by atoms with Crippen LogP contribution in [-0.4, -0.2) is 50.6 Å². The first kappa shape index (κ1) is 14.3. The summed E-state index contributed by atoms with van der Waals surface area (Å²) in [4.78, 5) is 14.3. The molecular weight excluding hydrogens is 310 g/mol. The molecule has 0 radical (unpaired) electrons. The minimum absolute atomic E-state index is 0.00627. The Hall–Kier alpha value is -1.11. The number of piperazine rings is 1. The number of anilines is 1. The van der Waals surface area contributed by atoms with Gasteiger partial charge in [-0.15, -0.1) is 0 Å². The molecule has 1 atom stereocenters. The molecule has 104 valence electrons. The lowest BCUT2D eigenvalue weighted by Gasteiger charge is -2.31. The van der Waals surface area contributed by atoms with Gasteiger partial charge in [-0.25, -0.2) is 0 Å². The number of hydrogen-bond donors (Lipinski definition) is 2. The number of likely N-dealkylation sites (N-methyl/N-ethyl adjacent to an activating group) is 1. The molecule has 0 aliphatic carbocycles. The normalized spacial score (nSPS) is 20.1. The molecule has 1 heterocycles. The van der Waals surface area contributed by atoms with Crippen LogP contribution in [0, 0.1) is 0 Å². The molecule has 2 rings (SSSR count). The van der Waals surface area contributed by atoms with Crippen molar-refractivity contribution in [3.05, 3.63) is 22.7 Å². The molecule has 0 bridgehead atoms. The summed E-state index contributed by atoms with van der Waals surface area (Å²) in [6.45, 7) is 2.48. The quantitative estimate of drug-likeness (QED) is 0.878. The number of carbonyl (C=O) groups is 1. The van der Waals surface area contributed by atoms with E-state index in [1.807, 2.05) is 25.2 Å². The highest BCUT2D eigenvalue weighted by Crippen LogP contribution is 2.27. The van der Waals surface area contributed by atoms with E-state index in [0.717, 1.165) is 29.0 Å². The highest BCUT2D eigenvalue weighted by atomic mass is 79.9. The Bertz CT molecular complexity index is 467. The van der Waals surface area contributed by atoms with Crippen molar-refractivity contribution in [3.63, 3.8) is 0 Å². The van der Waals surface area contributed by atoms with E-state index in [1.54, 1.807) is 7.11 Å². The highest BCUT2D eigenvalue weighted by molar-refractivity contribution is 9.10. The van der Waals surface area contributed by atoms with Crippen LogP contribution >= 0.6 is 15.9 Å². The number of hydrogen-bond acceptors (Lipinski definition) is 4. The average molecular weight is 328 g/mol. The number of ether oxygens (including phenoxy) is 1. The Morgan fingerprint density at radius 2 is 2.37 bits per heavy atom. The van der Waals surface area contributed by atoms with Gasteiger partial charge in [0.2, 0.25) is 5.91 Å². The van der Waals surface area contributed by atoms with Crippen LogP contribution in [0.25, 0.3) is 0 Å². The van der Waals surface area contributed by atoms with Crippen LogP contribution in [0.15, 0.2) is 22.7 Å². The Labute approximate surface area is 121 Å². The van der Waals surface area contributed by atoms with Crippen molar-refractivity contribution in [2.24, 2.45) is 0 Å². The van der Waals surface area contributed by atoms with Crippen LogP contribution in [0.1, 0.15) is 0 Å². The largest absolute Gasteiger partial charge is 0.496 e. The zero-order valence-corrected chi connectivity index (χ0v) is 12.7. The number of rotatable bonds is 3. The van der Waals surface area contributed by atoms with E-state index in [1.165, 1.54) is 0 Å². The second kappa shape index (κ2) is 6.36. The lowest BCUT2D eigenvalue weighted by Crippen LogP contribution is -2.54. The second-order valence-electron chi connectivity index (χ2n) is 4.54. The average Bonchev–Trinajstić information content (AvgIpc) is 2.39. The van der Waals surface area contributed by atoms with Crippen LogP contribution in [-0.2, 0) is 4.79 Å². The summed E-state index contributed by atoms with van der Waals surface area (Å²) in [6, 6.07) is 5.36. The third-order valence-corrected chi connectivity index (χ3v) is 3.85. The van der Waals surface area contributed by atoms with E-state index >= 15 is 0 Å². The van der Waals surface area contributed by atoms with Crippen LogP contribution in [0.2, 0.25) is 0 Å². The van der Waals surface area contributed by atoms with Crippen molar-refractivity contribution in [3.8, 4) is 5.75 Å². The van der Waals surface area contributed by atoms with E-state index in [-0.39, 0.29) is 11.9 Å². The van der Waals surface area contributed by atoms with Crippen LogP contribution in [0.3, 0.4) is 0 Å². The molecule has 2 N–H and O–H groups in total. The number of carbonyl (C=O) groups excluding carboxylic acids is 1. The maximum atomic E-state index is 12.2. The Morgan fingerprint density at radius 3 is 3.00 bits per heavy atom. The van der Waals surface area contributed by atoms with Gasteiger partial charge < -0.3 is 15.4 Å². The number of benzene rings is 1. The number of halogens is 1. The monoisotopic (exact) mass is 327 g/mol. The van der Waals surface area contributed by atoms with Crippen LogP contribution in [0.5, 0.6) is 5.75 Å². The minimum Gasteiger partial charge on any atom is -0.496 e. The van der Waals surface area contributed by atoms with Crippen molar-refractivity contribution >= 4 is 27.5 Å². The fraction of sp³-hybridized carbons (Fsp3) is 0.462. The summed E-state index contributed by atoms with van der Waals surface area (Å²) in [7, 11) is 3.58. The van der Waals surface area contributed by atoms with Crippen LogP contribution < -0.4 is 15.4 Å². The summed E-state index contributed by atoms with van der Waals surface area (Å²) in [6.07, 6.45) is 0. The highest BCUT2D eigenvalue weighted by Gasteiger charge is 2.25. The van der Waals surface area contributed by atoms with Crippen molar-refractivity contribution in [1.82, 2.24) is 10.2 Å². The first-order chi connectivity index (χ1) is 9.11. The van der Waals surface area contributed by atoms with Crippen molar-refractivity contribution in [2.75, 3.05) is 39.1 Å². The second-order valence-corrected chi connectivity index (χ2v) is 5.39. The zero-order chi connectivity index (χ0) is 13.8. The van der Waals surface area contributed by atoms with E-state index < -0.39 is 0 Å². The lowest BCUT2D eigenvalue weighted by molar-refractivity contribution is -0.121. The van der Waals surface area contributed by atoms with Gasteiger partial charge in [0.1, 0.15) is 11.8 Å². The maximum Gasteiger partial charge on any atom is 0.243 e. The molecule has 19 heavy (non-hydrogen) atoms. The lowest BCUT2D eigenvalue weighted by atomic mass is 10.2. The van der Waals surface area contributed by atoms with E-state index in [0.29, 0.717) is 6.54 Å². The number of amides is 1. The molecule has 1 aliphatic rings. The summed E-state index contributed by atoms with van der Waals surface area (Å²) >= 11 is 3.41. The minimum atomic E-state index is -0.130. The summed E-state index contributed by atoms with van der Waals surface area (Å²) in [5.74, 6) is 0.751. The van der Waals surface area contributed by atoms with Gasteiger partial charge in [0, 0.05) is 25.3 Å². The smallest absolute Gasteiger partial charge is 0.243 e.